The Balaban J connectivity index is 1.92. The molecule has 2 heterocycles. The van der Waals surface area contributed by atoms with Crippen LogP contribution < -0.4 is 14.8 Å². The van der Waals surface area contributed by atoms with E-state index in [-0.39, 0.29) is 17.1 Å². The monoisotopic (exact) mass is 355 g/mol. The predicted molar refractivity (Wildman–Crippen MR) is 93.0 cm³/mol. The van der Waals surface area contributed by atoms with Gasteiger partial charge in [0.1, 0.15) is 0 Å². The zero-order valence-electron chi connectivity index (χ0n) is 13.1. The molecule has 3 aromatic rings. The van der Waals surface area contributed by atoms with Crippen molar-refractivity contribution in [2.75, 3.05) is 7.11 Å². The molecule has 0 spiro atoms. The lowest BCUT2D eigenvalue weighted by Gasteiger charge is -1.98. The van der Waals surface area contributed by atoms with Crippen LogP contribution in [-0.4, -0.2) is 23.8 Å². The summed E-state index contributed by atoms with van der Waals surface area (Å²) in [7, 11) is 1.32. The fourth-order valence-electron chi connectivity index (χ4n) is 2.12. The van der Waals surface area contributed by atoms with E-state index in [2.05, 4.69) is 9.72 Å². The fraction of sp³-hybridized carbons (Fsp3) is 0.0556. The van der Waals surface area contributed by atoms with Gasteiger partial charge >= 0.3 is 5.97 Å². The molecule has 25 heavy (non-hydrogen) atoms. The van der Waals surface area contributed by atoms with Crippen LogP contribution in [-0.2, 0) is 4.74 Å². The number of Topliss-reactive ketones (excluding diaryl/α,β-unsaturated/α-hetero) is 1. The summed E-state index contributed by atoms with van der Waals surface area (Å²) in [5.41, 5.74) is 0.891. The van der Waals surface area contributed by atoms with Gasteiger partial charge in [0.15, 0.2) is 5.76 Å². The molecular weight excluding hydrogens is 342 g/mol. The third-order valence-electron chi connectivity index (χ3n) is 3.34. The lowest BCUT2D eigenvalue weighted by atomic mass is 10.1. The fourth-order valence-corrected chi connectivity index (χ4v) is 3.00. The molecule has 0 aliphatic rings. The number of thiazole rings is 1. The van der Waals surface area contributed by atoms with Gasteiger partial charge in [-0.25, -0.2) is 4.79 Å². The zero-order chi connectivity index (χ0) is 17.8. The van der Waals surface area contributed by atoms with Crippen LogP contribution in [0, 0.1) is 0 Å². The van der Waals surface area contributed by atoms with Crippen molar-refractivity contribution in [2.45, 2.75) is 0 Å². The molecule has 0 atom stereocenters. The standard InChI is InChI=1S/C18H13NO5S/c1-23-18(22)12-6-4-11(5-7-12)9-15-17(21)19-16(25-15)10-13(20)14-3-2-8-24-14/h2-10H,1H3,(H,19,21). The number of methoxy groups -OCH3 is 1. The van der Waals surface area contributed by atoms with E-state index in [0.717, 1.165) is 16.9 Å². The van der Waals surface area contributed by atoms with Gasteiger partial charge in [0, 0.05) is 6.08 Å². The Labute approximate surface area is 145 Å². The van der Waals surface area contributed by atoms with Crippen LogP contribution in [0.2, 0.25) is 0 Å². The molecule has 1 N–H and O–H groups in total. The minimum Gasteiger partial charge on any atom is -0.465 e. The van der Waals surface area contributed by atoms with Crippen molar-refractivity contribution in [3.05, 3.63) is 79.1 Å². The smallest absolute Gasteiger partial charge is 0.337 e. The number of aromatic nitrogens is 1. The third-order valence-corrected chi connectivity index (χ3v) is 4.30. The second-order valence-corrected chi connectivity index (χ2v) is 6.11. The van der Waals surface area contributed by atoms with E-state index in [0.29, 0.717) is 14.8 Å². The van der Waals surface area contributed by atoms with Gasteiger partial charge in [0.2, 0.25) is 5.78 Å². The van der Waals surface area contributed by atoms with Gasteiger partial charge in [-0.2, -0.15) is 0 Å². The molecule has 0 bridgehead atoms. The van der Waals surface area contributed by atoms with Crippen molar-refractivity contribution in [3.8, 4) is 0 Å². The van der Waals surface area contributed by atoms with E-state index in [1.54, 1.807) is 42.5 Å². The van der Waals surface area contributed by atoms with Crippen LogP contribution in [0.25, 0.3) is 12.2 Å². The van der Waals surface area contributed by atoms with Crippen LogP contribution >= 0.6 is 11.3 Å². The number of ether oxygens (including phenoxy) is 1. The number of hydrogen-bond donors (Lipinski definition) is 1. The highest BCUT2D eigenvalue weighted by atomic mass is 32.1. The normalized spacial score (nSPS) is 12.4. The molecule has 3 rings (SSSR count). The molecule has 7 heteroatoms. The van der Waals surface area contributed by atoms with Crippen molar-refractivity contribution in [2.24, 2.45) is 0 Å². The SMILES string of the molecule is COC(=O)c1ccc(C=c2sc(=CC(=O)c3ccco3)[nH]c2=O)cc1. The summed E-state index contributed by atoms with van der Waals surface area (Å²) >= 11 is 1.16. The molecule has 0 saturated carbocycles. The molecule has 0 saturated heterocycles. The second kappa shape index (κ2) is 7.14. The zero-order valence-corrected chi connectivity index (χ0v) is 14.0. The summed E-state index contributed by atoms with van der Waals surface area (Å²) in [5, 5.41) is 0. The van der Waals surface area contributed by atoms with Crippen LogP contribution in [0.1, 0.15) is 26.5 Å². The summed E-state index contributed by atoms with van der Waals surface area (Å²) in [4.78, 5) is 38.0. The van der Waals surface area contributed by atoms with Crippen molar-refractivity contribution in [1.29, 1.82) is 0 Å². The molecule has 6 nitrogen and oxygen atoms in total. The molecular formula is C18H13NO5S. The molecule has 1 aromatic carbocycles. The van der Waals surface area contributed by atoms with Crippen LogP contribution in [0.4, 0.5) is 0 Å². The Bertz CT molecular complexity index is 1070. The van der Waals surface area contributed by atoms with Crippen molar-refractivity contribution in [1.82, 2.24) is 4.98 Å². The molecule has 0 fully saturated rings. The largest absolute Gasteiger partial charge is 0.465 e. The van der Waals surface area contributed by atoms with Gasteiger partial charge in [0.25, 0.3) is 5.56 Å². The average molecular weight is 355 g/mol. The van der Waals surface area contributed by atoms with Gasteiger partial charge in [-0.3, -0.25) is 9.59 Å². The molecule has 0 amide bonds. The van der Waals surface area contributed by atoms with Crippen LogP contribution in [0.5, 0.6) is 0 Å². The number of benzene rings is 1. The Morgan fingerprint density at radius 3 is 2.60 bits per heavy atom. The maximum atomic E-state index is 12.0. The number of hydrogen-bond acceptors (Lipinski definition) is 6. The van der Waals surface area contributed by atoms with E-state index < -0.39 is 5.97 Å². The maximum absolute atomic E-state index is 12.0. The summed E-state index contributed by atoms with van der Waals surface area (Å²) in [6.07, 6.45) is 4.41. The Morgan fingerprint density at radius 2 is 1.96 bits per heavy atom. The molecule has 0 aliphatic carbocycles. The summed E-state index contributed by atoms with van der Waals surface area (Å²) in [5.74, 6) is -0.538. The van der Waals surface area contributed by atoms with Gasteiger partial charge in [0.05, 0.1) is 28.1 Å². The minimum atomic E-state index is -0.422. The van der Waals surface area contributed by atoms with Crippen LogP contribution in [0.3, 0.4) is 0 Å². The summed E-state index contributed by atoms with van der Waals surface area (Å²) in [6.45, 7) is 0. The Kier molecular flexibility index (Phi) is 4.76. The number of rotatable bonds is 4. The Morgan fingerprint density at radius 1 is 1.20 bits per heavy atom. The first-order valence-corrected chi connectivity index (χ1v) is 8.07. The quantitative estimate of drug-likeness (QED) is 0.563. The molecule has 0 aliphatic heterocycles. The topological polar surface area (TPSA) is 89.4 Å². The number of furan rings is 1. The van der Waals surface area contributed by atoms with Gasteiger partial charge in [-0.15, -0.1) is 11.3 Å². The van der Waals surface area contributed by atoms with E-state index in [1.165, 1.54) is 19.4 Å². The number of ketones is 1. The van der Waals surface area contributed by atoms with Gasteiger partial charge in [-0.1, -0.05) is 12.1 Å². The Hall–Kier alpha value is -3.19. The van der Waals surface area contributed by atoms with Crippen LogP contribution in [0.15, 0.2) is 51.9 Å². The minimum absolute atomic E-state index is 0.207. The number of aromatic amines is 1. The molecule has 2 aromatic heterocycles. The first-order chi connectivity index (χ1) is 12.1. The van der Waals surface area contributed by atoms with Gasteiger partial charge in [-0.05, 0) is 35.9 Å². The van der Waals surface area contributed by atoms with Crippen molar-refractivity contribution < 1.29 is 18.7 Å². The molecule has 126 valence electrons. The highest BCUT2D eigenvalue weighted by Gasteiger charge is 2.06. The van der Waals surface area contributed by atoms with E-state index in [4.69, 9.17) is 4.42 Å². The average Bonchev–Trinajstić information content (AvgIpc) is 3.25. The molecule has 0 unspecified atom stereocenters. The maximum Gasteiger partial charge on any atom is 0.337 e. The summed E-state index contributed by atoms with van der Waals surface area (Å²) in [6, 6.07) is 9.83. The lowest BCUT2D eigenvalue weighted by molar-refractivity contribution is 0.0600. The van der Waals surface area contributed by atoms with Crippen molar-refractivity contribution >= 4 is 35.2 Å². The number of H-pyrrole nitrogens is 1. The summed E-state index contributed by atoms with van der Waals surface area (Å²) < 4.78 is 10.5. The molecule has 0 radical (unpaired) electrons. The highest BCUT2D eigenvalue weighted by molar-refractivity contribution is 7.07. The number of esters is 1. The highest BCUT2D eigenvalue weighted by Crippen LogP contribution is 2.06. The first kappa shape index (κ1) is 16.7. The second-order valence-electron chi connectivity index (χ2n) is 5.03. The third kappa shape index (κ3) is 3.84. The van der Waals surface area contributed by atoms with E-state index in [9.17, 15) is 14.4 Å². The number of nitrogens with one attached hydrogen (secondary N) is 1. The van der Waals surface area contributed by atoms with Gasteiger partial charge < -0.3 is 14.1 Å². The van der Waals surface area contributed by atoms with Crippen molar-refractivity contribution in [3.63, 3.8) is 0 Å². The van der Waals surface area contributed by atoms with E-state index in [1.807, 2.05) is 0 Å². The number of carbonyl (C=O) groups excluding carboxylic acids is 2. The lowest BCUT2D eigenvalue weighted by Crippen LogP contribution is -2.20. The predicted octanol–water partition coefficient (Wildman–Crippen LogP) is 1.31. The first-order valence-electron chi connectivity index (χ1n) is 7.25. The number of carbonyl (C=O) groups is 2. The van der Waals surface area contributed by atoms with E-state index >= 15 is 0 Å².